The van der Waals surface area contributed by atoms with Crippen molar-refractivity contribution in [3.63, 3.8) is 0 Å². The van der Waals surface area contributed by atoms with Crippen LogP contribution in [0.4, 0.5) is 5.69 Å². The molecular weight excluding hydrogens is 318 g/mol. The van der Waals surface area contributed by atoms with Crippen molar-refractivity contribution in [3.05, 3.63) is 70.0 Å². The van der Waals surface area contributed by atoms with E-state index in [1.807, 2.05) is 17.0 Å². The molecule has 6 nitrogen and oxygen atoms in total. The van der Waals surface area contributed by atoms with Crippen LogP contribution in [0, 0.1) is 10.1 Å². The number of carbonyl (C=O) groups is 1. The maximum atomic E-state index is 13.0. The van der Waals surface area contributed by atoms with Crippen molar-refractivity contribution in [1.29, 1.82) is 0 Å². The highest BCUT2D eigenvalue weighted by Crippen LogP contribution is 2.31. The van der Waals surface area contributed by atoms with E-state index in [0.717, 1.165) is 31.2 Å². The number of hydrogen-bond acceptors (Lipinski definition) is 4. The highest BCUT2D eigenvalue weighted by atomic mass is 16.6. The van der Waals surface area contributed by atoms with Crippen LogP contribution in [0.25, 0.3) is 0 Å². The van der Waals surface area contributed by atoms with E-state index in [9.17, 15) is 14.9 Å². The van der Waals surface area contributed by atoms with Crippen molar-refractivity contribution in [2.24, 2.45) is 0 Å². The van der Waals surface area contributed by atoms with E-state index in [1.54, 1.807) is 30.6 Å². The van der Waals surface area contributed by atoms with Crippen LogP contribution in [0.5, 0.6) is 0 Å². The summed E-state index contributed by atoms with van der Waals surface area (Å²) in [6, 6.07) is 10.4. The smallest absolute Gasteiger partial charge is 0.273 e. The first-order chi connectivity index (χ1) is 12.2. The molecule has 2 heterocycles. The lowest BCUT2D eigenvalue weighted by molar-refractivity contribution is -0.385. The molecule has 6 heteroatoms. The standard InChI is InChI=1S/C19H21N3O3/c23-19(14-16-6-3-4-8-18(16)22(24)25)21-13-5-1-2-7-17(21)15-9-11-20-12-10-15/h3-4,6,8-12,17H,1-2,5,7,13-14H2. The molecule has 2 aromatic rings. The van der Waals surface area contributed by atoms with Crippen molar-refractivity contribution >= 4 is 11.6 Å². The van der Waals surface area contributed by atoms with Crippen molar-refractivity contribution in [3.8, 4) is 0 Å². The van der Waals surface area contributed by atoms with Crippen LogP contribution in [-0.2, 0) is 11.2 Å². The Morgan fingerprint density at radius 1 is 1.16 bits per heavy atom. The van der Waals surface area contributed by atoms with Crippen LogP contribution >= 0.6 is 0 Å². The molecule has 130 valence electrons. The van der Waals surface area contributed by atoms with Crippen molar-refractivity contribution in [2.75, 3.05) is 6.54 Å². The summed E-state index contributed by atoms with van der Waals surface area (Å²) in [7, 11) is 0. The summed E-state index contributed by atoms with van der Waals surface area (Å²) in [4.78, 5) is 29.7. The molecule has 0 spiro atoms. The van der Waals surface area contributed by atoms with Gasteiger partial charge in [-0.3, -0.25) is 19.9 Å². The van der Waals surface area contributed by atoms with Crippen molar-refractivity contribution in [2.45, 2.75) is 38.1 Å². The summed E-state index contributed by atoms with van der Waals surface area (Å²) in [6.07, 6.45) is 7.57. The van der Waals surface area contributed by atoms with Gasteiger partial charge >= 0.3 is 0 Å². The number of rotatable bonds is 4. The van der Waals surface area contributed by atoms with Crippen LogP contribution in [0.2, 0.25) is 0 Å². The van der Waals surface area contributed by atoms with E-state index >= 15 is 0 Å². The third-order valence-corrected chi connectivity index (χ3v) is 4.69. The normalized spacial score (nSPS) is 17.8. The minimum atomic E-state index is -0.425. The Balaban J connectivity index is 1.84. The molecule has 1 aliphatic heterocycles. The first-order valence-corrected chi connectivity index (χ1v) is 8.58. The molecule has 25 heavy (non-hydrogen) atoms. The second-order valence-electron chi connectivity index (χ2n) is 6.30. The SMILES string of the molecule is O=C(Cc1ccccc1[N+](=O)[O-])N1CCCCCC1c1ccncc1. The molecule has 1 atom stereocenters. The second kappa shape index (κ2) is 7.88. The van der Waals surface area contributed by atoms with Crippen LogP contribution in [0.1, 0.15) is 42.9 Å². The van der Waals surface area contributed by atoms with Crippen LogP contribution in [0.3, 0.4) is 0 Å². The fraction of sp³-hybridized carbons (Fsp3) is 0.368. The van der Waals surface area contributed by atoms with Gasteiger partial charge in [0.1, 0.15) is 0 Å². The molecule has 1 unspecified atom stereocenters. The number of nitro benzene ring substituents is 1. The Bertz CT molecular complexity index is 749. The average molecular weight is 339 g/mol. The number of para-hydroxylation sites is 1. The van der Waals surface area contributed by atoms with E-state index < -0.39 is 4.92 Å². The van der Waals surface area contributed by atoms with Gasteiger partial charge in [-0.2, -0.15) is 0 Å². The summed E-state index contributed by atoms with van der Waals surface area (Å²) in [6.45, 7) is 0.687. The van der Waals surface area contributed by atoms with Gasteiger partial charge in [0, 0.05) is 30.6 Å². The Kier molecular flexibility index (Phi) is 5.38. The zero-order valence-electron chi connectivity index (χ0n) is 14.0. The summed E-state index contributed by atoms with van der Waals surface area (Å²) >= 11 is 0. The molecule has 0 aliphatic carbocycles. The Morgan fingerprint density at radius 3 is 2.68 bits per heavy atom. The first kappa shape index (κ1) is 17.1. The highest BCUT2D eigenvalue weighted by Gasteiger charge is 2.28. The largest absolute Gasteiger partial charge is 0.335 e. The second-order valence-corrected chi connectivity index (χ2v) is 6.30. The topological polar surface area (TPSA) is 76.3 Å². The Morgan fingerprint density at radius 2 is 1.92 bits per heavy atom. The molecule has 1 aromatic heterocycles. The number of amides is 1. The van der Waals surface area contributed by atoms with Gasteiger partial charge in [0.2, 0.25) is 5.91 Å². The lowest BCUT2D eigenvalue weighted by atomic mass is 10.0. The number of nitro groups is 1. The molecule has 0 saturated carbocycles. The van der Waals surface area contributed by atoms with Gasteiger partial charge in [-0.1, -0.05) is 31.0 Å². The molecule has 1 amide bonds. The monoisotopic (exact) mass is 339 g/mol. The zero-order valence-corrected chi connectivity index (χ0v) is 14.0. The number of nitrogens with zero attached hydrogens (tertiary/aromatic N) is 3. The molecule has 1 aliphatic rings. The third-order valence-electron chi connectivity index (χ3n) is 4.69. The fourth-order valence-corrected chi connectivity index (χ4v) is 3.44. The van der Waals surface area contributed by atoms with E-state index in [4.69, 9.17) is 0 Å². The van der Waals surface area contributed by atoms with Gasteiger partial charge in [-0.25, -0.2) is 0 Å². The van der Waals surface area contributed by atoms with Gasteiger partial charge in [0.15, 0.2) is 0 Å². The van der Waals surface area contributed by atoms with Gasteiger partial charge in [0.25, 0.3) is 5.69 Å². The Labute approximate surface area is 146 Å². The van der Waals surface area contributed by atoms with Gasteiger partial charge in [-0.05, 0) is 30.5 Å². The average Bonchev–Trinajstić information content (AvgIpc) is 2.89. The summed E-state index contributed by atoms with van der Waals surface area (Å²) in [5, 5.41) is 11.2. The Hall–Kier alpha value is -2.76. The fourth-order valence-electron chi connectivity index (χ4n) is 3.44. The molecule has 1 aromatic carbocycles. The zero-order chi connectivity index (χ0) is 17.6. The number of likely N-dealkylation sites (tertiary alicyclic amines) is 1. The van der Waals surface area contributed by atoms with Crippen molar-refractivity contribution < 1.29 is 9.72 Å². The van der Waals surface area contributed by atoms with Gasteiger partial charge < -0.3 is 4.90 Å². The van der Waals surface area contributed by atoms with Gasteiger partial charge in [0.05, 0.1) is 17.4 Å². The predicted molar refractivity (Wildman–Crippen MR) is 94.0 cm³/mol. The molecule has 0 N–H and O–H groups in total. The summed E-state index contributed by atoms with van der Waals surface area (Å²) < 4.78 is 0. The highest BCUT2D eigenvalue weighted by molar-refractivity contribution is 5.80. The van der Waals surface area contributed by atoms with Crippen LogP contribution in [-0.4, -0.2) is 27.3 Å². The molecule has 1 fully saturated rings. The van der Waals surface area contributed by atoms with Gasteiger partial charge in [-0.15, -0.1) is 0 Å². The number of pyridine rings is 1. The lowest BCUT2D eigenvalue weighted by Gasteiger charge is -2.30. The number of benzene rings is 1. The summed E-state index contributed by atoms with van der Waals surface area (Å²) in [5.41, 5.74) is 1.55. The maximum Gasteiger partial charge on any atom is 0.273 e. The maximum absolute atomic E-state index is 13.0. The number of aromatic nitrogens is 1. The lowest BCUT2D eigenvalue weighted by Crippen LogP contribution is -2.36. The van der Waals surface area contributed by atoms with Crippen LogP contribution < -0.4 is 0 Å². The molecule has 0 bridgehead atoms. The van der Waals surface area contributed by atoms with E-state index in [2.05, 4.69) is 4.98 Å². The molecule has 0 radical (unpaired) electrons. The van der Waals surface area contributed by atoms with Crippen LogP contribution in [0.15, 0.2) is 48.8 Å². The van der Waals surface area contributed by atoms with E-state index in [-0.39, 0.29) is 24.1 Å². The quantitative estimate of drug-likeness (QED) is 0.629. The number of carbonyl (C=O) groups excluding carboxylic acids is 1. The number of hydrogen-bond donors (Lipinski definition) is 0. The van der Waals surface area contributed by atoms with E-state index in [0.29, 0.717) is 12.1 Å². The molecular formula is C19H21N3O3. The first-order valence-electron chi connectivity index (χ1n) is 8.58. The minimum Gasteiger partial charge on any atom is -0.335 e. The molecule has 3 rings (SSSR count). The van der Waals surface area contributed by atoms with E-state index in [1.165, 1.54) is 6.07 Å². The predicted octanol–water partition coefficient (Wildman–Crippen LogP) is 3.68. The molecule has 1 saturated heterocycles. The summed E-state index contributed by atoms with van der Waals surface area (Å²) in [5.74, 6) is -0.0574. The van der Waals surface area contributed by atoms with Crippen molar-refractivity contribution in [1.82, 2.24) is 9.88 Å². The third kappa shape index (κ3) is 4.02. The minimum absolute atomic E-state index is 0.00568.